The Morgan fingerprint density at radius 1 is 0.365 bits per heavy atom. The highest BCUT2D eigenvalue weighted by molar-refractivity contribution is 7.26. The lowest BCUT2D eigenvalue weighted by Gasteiger charge is -2.38. The standard InChI is InChI=1S/C48H54S2Si2/c1-29(2)51(30(3)4,31(5)6)23-21-35-39-25-43-37-17-13-15-19-45(37)49-47(43)27-41(39)36(22-24-52(32(7)8,33(9)10)34(11)12)42-28-48-44(26-40(35)42)38-18-14-16-20-46(38)50-48/h13-20,25-34H,1-12H3. The summed E-state index contributed by atoms with van der Waals surface area (Å²) >= 11 is 3.81. The van der Waals surface area contributed by atoms with Crippen molar-refractivity contribution in [3.05, 3.63) is 83.9 Å². The Hall–Kier alpha value is -3.39. The topological polar surface area (TPSA) is 0 Å². The quantitative estimate of drug-likeness (QED) is 0.0902. The number of benzene rings is 5. The molecule has 52 heavy (non-hydrogen) atoms. The molecule has 0 aliphatic rings. The molecule has 0 radical (unpaired) electrons. The maximum absolute atomic E-state index is 4.18. The minimum Gasteiger partial charge on any atom is -0.135 e. The molecule has 0 aliphatic heterocycles. The van der Waals surface area contributed by atoms with E-state index in [1.807, 2.05) is 22.7 Å². The SMILES string of the molecule is CC(C)[Si](C#Cc1c2cc3sc4ccccc4c3cc2c(C#C[Si](C(C)C)(C(C)C)C(C)C)c2cc3c(cc12)sc1ccccc13)(C(C)C)C(C)C. The predicted molar refractivity (Wildman–Crippen MR) is 243 cm³/mol. The molecule has 7 aromatic rings. The predicted octanol–water partition coefficient (Wildman–Crippen LogP) is 15.9. The molecule has 2 heterocycles. The highest BCUT2D eigenvalue weighted by atomic mass is 32.1. The molecule has 0 N–H and O–H groups in total. The number of fused-ring (bicyclic) bond motifs is 8. The van der Waals surface area contributed by atoms with Crippen LogP contribution in [0.2, 0.25) is 33.2 Å². The molecule has 7 rings (SSSR count). The highest BCUT2D eigenvalue weighted by Crippen LogP contribution is 2.46. The maximum atomic E-state index is 4.18. The largest absolute Gasteiger partial charge is 0.146 e. The van der Waals surface area contributed by atoms with E-state index in [0.717, 1.165) is 0 Å². The van der Waals surface area contributed by atoms with Crippen LogP contribution in [0.4, 0.5) is 0 Å². The number of thiophene rings is 2. The molecule has 0 saturated carbocycles. The van der Waals surface area contributed by atoms with Gasteiger partial charge in [0.05, 0.1) is 0 Å². The summed E-state index contributed by atoms with van der Waals surface area (Å²) in [6.07, 6.45) is 0. The zero-order valence-electron chi connectivity index (χ0n) is 33.2. The van der Waals surface area contributed by atoms with Gasteiger partial charge in [0, 0.05) is 62.2 Å². The second kappa shape index (κ2) is 13.8. The average Bonchev–Trinajstić information content (AvgIpc) is 3.64. The molecule has 4 heteroatoms. The van der Waals surface area contributed by atoms with Gasteiger partial charge in [-0.15, -0.1) is 33.8 Å². The van der Waals surface area contributed by atoms with E-state index in [4.69, 9.17) is 0 Å². The van der Waals surface area contributed by atoms with Gasteiger partial charge in [-0.05, 0) is 80.4 Å². The van der Waals surface area contributed by atoms with Crippen LogP contribution in [0.5, 0.6) is 0 Å². The monoisotopic (exact) mass is 750 g/mol. The summed E-state index contributed by atoms with van der Waals surface area (Å²) in [5.41, 5.74) is 14.1. The lowest BCUT2D eigenvalue weighted by molar-refractivity contribution is 0.838. The Labute approximate surface area is 322 Å². The smallest absolute Gasteiger partial charge is 0.135 e. The molecule has 0 amide bonds. The van der Waals surface area contributed by atoms with Crippen molar-refractivity contribution < 1.29 is 0 Å². The van der Waals surface area contributed by atoms with Gasteiger partial charge in [-0.25, -0.2) is 0 Å². The summed E-state index contributed by atoms with van der Waals surface area (Å²) in [5.74, 6) is 8.11. The Morgan fingerprint density at radius 3 is 1.00 bits per heavy atom. The van der Waals surface area contributed by atoms with Crippen LogP contribution in [-0.4, -0.2) is 16.1 Å². The molecule has 0 unspecified atom stereocenters. The van der Waals surface area contributed by atoms with E-state index >= 15 is 0 Å². The van der Waals surface area contributed by atoms with E-state index in [9.17, 15) is 0 Å². The fraction of sp³-hybridized carbons (Fsp3) is 0.375. The van der Waals surface area contributed by atoms with Crippen molar-refractivity contribution in [3.8, 4) is 22.9 Å². The van der Waals surface area contributed by atoms with Crippen molar-refractivity contribution >= 4 is 101 Å². The summed E-state index contributed by atoms with van der Waals surface area (Å²) in [6, 6.07) is 27.7. The normalized spacial score (nSPS) is 13.0. The third-order valence-electron chi connectivity index (χ3n) is 12.7. The van der Waals surface area contributed by atoms with E-state index in [1.165, 1.54) is 73.0 Å². The van der Waals surface area contributed by atoms with Crippen molar-refractivity contribution in [1.82, 2.24) is 0 Å². The van der Waals surface area contributed by atoms with Crippen molar-refractivity contribution in [3.63, 3.8) is 0 Å². The second-order valence-electron chi connectivity index (χ2n) is 17.0. The van der Waals surface area contributed by atoms with E-state index in [0.29, 0.717) is 33.2 Å². The van der Waals surface area contributed by atoms with Gasteiger partial charge in [-0.2, -0.15) is 0 Å². The van der Waals surface area contributed by atoms with Crippen LogP contribution in [0.15, 0.2) is 72.8 Å². The summed E-state index contributed by atoms with van der Waals surface area (Å²) < 4.78 is 5.32. The Kier molecular flexibility index (Phi) is 9.80. The van der Waals surface area contributed by atoms with Gasteiger partial charge in [0.1, 0.15) is 16.1 Å². The zero-order chi connectivity index (χ0) is 37.3. The van der Waals surface area contributed by atoms with E-state index in [2.05, 4.69) is 179 Å². The lowest BCUT2D eigenvalue weighted by Crippen LogP contribution is -2.43. The summed E-state index contributed by atoms with van der Waals surface area (Å²) in [5, 5.41) is 10.3. The summed E-state index contributed by atoms with van der Waals surface area (Å²) in [7, 11) is -4.04. The van der Waals surface area contributed by atoms with Crippen molar-refractivity contribution in [2.75, 3.05) is 0 Å². The fourth-order valence-electron chi connectivity index (χ4n) is 10.1. The molecule has 0 fully saturated rings. The van der Waals surface area contributed by atoms with Crippen LogP contribution < -0.4 is 0 Å². The molecular formula is C48H54S2Si2. The third kappa shape index (κ3) is 5.68. The van der Waals surface area contributed by atoms with Gasteiger partial charge in [0.25, 0.3) is 0 Å². The molecule has 5 aromatic carbocycles. The van der Waals surface area contributed by atoms with E-state index in [1.54, 1.807) is 0 Å². The average molecular weight is 751 g/mol. The van der Waals surface area contributed by atoms with Crippen LogP contribution in [0, 0.1) is 22.9 Å². The van der Waals surface area contributed by atoms with E-state index < -0.39 is 16.1 Å². The van der Waals surface area contributed by atoms with Gasteiger partial charge in [0.15, 0.2) is 0 Å². The number of hydrogen-bond acceptors (Lipinski definition) is 2. The van der Waals surface area contributed by atoms with Crippen molar-refractivity contribution in [2.24, 2.45) is 0 Å². The zero-order valence-corrected chi connectivity index (χ0v) is 36.8. The Morgan fingerprint density at radius 2 is 0.673 bits per heavy atom. The molecule has 266 valence electrons. The fourth-order valence-corrected chi connectivity index (χ4v) is 22.8. The summed E-state index contributed by atoms with van der Waals surface area (Å²) in [4.78, 5) is 0. The molecule has 0 nitrogen and oxygen atoms in total. The highest BCUT2D eigenvalue weighted by Gasteiger charge is 2.43. The molecule has 0 bridgehead atoms. The molecule has 0 atom stereocenters. The van der Waals surface area contributed by atoms with Gasteiger partial charge in [0.2, 0.25) is 0 Å². The van der Waals surface area contributed by atoms with Gasteiger partial charge >= 0.3 is 0 Å². The van der Waals surface area contributed by atoms with Crippen molar-refractivity contribution in [1.29, 1.82) is 0 Å². The minimum atomic E-state index is -2.02. The van der Waals surface area contributed by atoms with Crippen LogP contribution >= 0.6 is 22.7 Å². The number of rotatable bonds is 6. The molecule has 0 spiro atoms. The number of hydrogen-bond donors (Lipinski definition) is 0. The van der Waals surface area contributed by atoms with Gasteiger partial charge < -0.3 is 0 Å². The molecule has 2 aromatic heterocycles. The van der Waals surface area contributed by atoms with Crippen molar-refractivity contribution in [2.45, 2.75) is 116 Å². The maximum Gasteiger partial charge on any atom is 0.146 e. The van der Waals surface area contributed by atoms with Crippen LogP contribution in [0.25, 0.3) is 61.9 Å². The lowest BCUT2D eigenvalue weighted by atomic mass is 9.90. The molecule has 0 saturated heterocycles. The van der Waals surface area contributed by atoms with Crippen LogP contribution in [0.3, 0.4) is 0 Å². The third-order valence-corrected chi connectivity index (χ3v) is 27.5. The van der Waals surface area contributed by atoms with E-state index in [-0.39, 0.29) is 0 Å². The minimum absolute atomic E-state index is 0.559. The second-order valence-corrected chi connectivity index (χ2v) is 30.4. The Balaban J connectivity index is 1.72. The first-order valence-corrected chi connectivity index (χ1v) is 25.5. The van der Waals surface area contributed by atoms with Crippen LogP contribution in [0.1, 0.15) is 94.2 Å². The van der Waals surface area contributed by atoms with Gasteiger partial charge in [-0.3, -0.25) is 0 Å². The first-order chi connectivity index (χ1) is 24.7. The first kappa shape index (κ1) is 37.0. The Bertz CT molecular complexity index is 2450. The first-order valence-electron chi connectivity index (χ1n) is 19.4. The summed E-state index contributed by atoms with van der Waals surface area (Å²) in [6.45, 7) is 29.1. The van der Waals surface area contributed by atoms with Crippen LogP contribution in [-0.2, 0) is 0 Å². The van der Waals surface area contributed by atoms with Gasteiger partial charge in [-0.1, -0.05) is 131 Å². The molecular weight excluding hydrogens is 697 g/mol. The molecule has 0 aliphatic carbocycles.